The maximum atomic E-state index is 0. The maximum absolute atomic E-state index is 0. The molecule has 0 aromatic heterocycles. The van der Waals surface area contributed by atoms with Gasteiger partial charge in [-0.3, -0.25) is 0 Å². The Morgan fingerprint density at radius 3 is 0.750 bits per heavy atom. The van der Waals surface area contributed by atoms with Crippen LogP contribution in [0, 0.1) is 0 Å². The van der Waals surface area contributed by atoms with E-state index < -0.39 is 0 Å². The molecule has 0 heterocycles. The molecule has 0 spiro atoms. The van der Waals surface area contributed by atoms with Crippen LogP contribution in [0.3, 0.4) is 0 Å². The van der Waals surface area contributed by atoms with E-state index in [1.165, 1.54) is 0 Å². The summed E-state index contributed by atoms with van der Waals surface area (Å²) in [5.74, 6) is 0. The molecule has 4 N–H and O–H groups in total. The molecule has 0 aliphatic carbocycles. The van der Waals surface area contributed by atoms with E-state index in [9.17, 15) is 0 Å². The minimum atomic E-state index is 0. The van der Waals surface area contributed by atoms with Crippen molar-refractivity contribution < 1.29 is 32.0 Å². The van der Waals surface area contributed by atoms with Crippen molar-refractivity contribution in [3.63, 3.8) is 0 Å². The van der Waals surface area contributed by atoms with Crippen LogP contribution in [0.25, 0.3) is 0 Å². The second kappa shape index (κ2) is 17.4. The molecule has 24 valence electrons. The zero-order valence-corrected chi connectivity index (χ0v) is 4.34. The zero-order chi connectivity index (χ0) is 0. The van der Waals surface area contributed by atoms with Gasteiger partial charge in [0.05, 0.1) is 0 Å². The molecule has 0 unspecified atom stereocenters. The summed E-state index contributed by atoms with van der Waals surface area (Å²) in [7, 11) is 0. The van der Waals surface area contributed by atoms with Gasteiger partial charge in [-0.15, -0.1) is 0 Å². The molecular weight excluding hydrogens is 349 g/mol. The van der Waals surface area contributed by atoms with Crippen LogP contribution in [0.15, 0.2) is 0 Å². The molecule has 0 atom stereocenters. The topological polar surface area (TPSA) is 63.0 Å². The quantitative estimate of drug-likeness (QED) is 0.470. The molecule has 0 aliphatic rings. The van der Waals surface area contributed by atoms with Gasteiger partial charge in [0.1, 0.15) is 0 Å². The molecule has 0 radical (unpaired) electrons. The second-order valence-corrected chi connectivity index (χ2v) is 0. The van der Waals surface area contributed by atoms with Crippen molar-refractivity contribution >= 4 is 68.9 Å². The molecule has 4 heteroatoms. The van der Waals surface area contributed by atoms with Gasteiger partial charge in [-0.05, 0) is 0 Å². The predicted octanol–water partition coefficient (Wildman–Crippen LogP) is -2.30. The van der Waals surface area contributed by atoms with Crippen LogP contribution < -0.4 is 0 Å². The molecule has 4 heavy (non-hydrogen) atoms. The summed E-state index contributed by atoms with van der Waals surface area (Å²) < 4.78 is 0. The van der Waals surface area contributed by atoms with Crippen molar-refractivity contribution in [1.82, 2.24) is 0 Å². The van der Waals surface area contributed by atoms with Crippen LogP contribution >= 0.6 is 0 Å². The molecular formula is H5CsO2W. The van der Waals surface area contributed by atoms with Crippen molar-refractivity contribution in [2.75, 3.05) is 0 Å². The summed E-state index contributed by atoms with van der Waals surface area (Å²) in [5.41, 5.74) is 0. The van der Waals surface area contributed by atoms with E-state index in [2.05, 4.69) is 0 Å². The van der Waals surface area contributed by atoms with Crippen molar-refractivity contribution in [2.45, 2.75) is 0 Å². The molecule has 0 fully saturated rings. The van der Waals surface area contributed by atoms with Crippen molar-refractivity contribution in [2.24, 2.45) is 0 Å². The number of hydrogen-bond donors (Lipinski definition) is 0. The average Bonchev–Trinajstić information content (AvgIpc) is 0. The van der Waals surface area contributed by atoms with Gasteiger partial charge >= 0.3 is 68.9 Å². The van der Waals surface area contributed by atoms with Crippen molar-refractivity contribution in [1.29, 1.82) is 0 Å². The normalized spacial score (nSPS) is 0. The van der Waals surface area contributed by atoms with E-state index in [0.29, 0.717) is 0 Å². The smallest absolute Gasteiger partial charge is 0 e. The van der Waals surface area contributed by atoms with Crippen LogP contribution in [0.4, 0.5) is 0 Å². The summed E-state index contributed by atoms with van der Waals surface area (Å²) in [6, 6.07) is 0. The monoisotopic (exact) mass is 354 g/mol. The van der Waals surface area contributed by atoms with Gasteiger partial charge in [0, 0.05) is 21.1 Å². The first kappa shape index (κ1) is 30.2. The second-order valence-electron chi connectivity index (χ2n) is 0. The zero-order valence-electron chi connectivity index (χ0n) is 1.41. The van der Waals surface area contributed by atoms with E-state index in [-0.39, 0.29) is 101 Å². The van der Waals surface area contributed by atoms with Gasteiger partial charge in [-0.1, -0.05) is 0 Å². The third kappa shape index (κ3) is 8.82. The Kier molecular flexibility index (Phi) is 131. The number of hydrogen-bond acceptors (Lipinski definition) is 0. The average molecular weight is 354 g/mol. The standard InChI is InChI=1S/Cs.2H2O.W.H/h;2*1H2;;. The Morgan fingerprint density at radius 2 is 0.750 bits per heavy atom. The van der Waals surface area contributed by atoms with E-state index >= 15 is 0 Å². The van der Waals surface area contributed by atoms with E-state index in [0.717, 1.165) is 0 Å². The van der Waals surface area contributed by atoms with Crippen LogP contribution in [0.5, 0.6) is 0 Å². The molecule has 0 aromatic carbocycles. The van der Waals surface area contributed by atoms with Gasteiger partial charge in [-0.25, -0.2) is 0 Å². The molecule has 0 rings (SSSR count). The summed E-state index contributed by atoms with van der Waals surface area (Å²) in [4.78, 5) is 0. The fourth-order valence-corrected chi connectivity index (χ4v) is 0. The Labute approximate surface area is 98.0 Å². The summed E-state index contributed by atoms with van der Waals surface area (Å²) in [6.07, 6.45) is 0. The Bertz CT molecular complexity index is 6.00. The fourth-order valence-electron chi connectivity index (χ4n) is 0. The van der Waals surface area contributed by atoms with Gasteiger partial charge in [-0.2, -0.15) is 0 Å². The first-order chi connectivity index (χ1) is 0. The van der Waals surface area contributed by atoms with Gasteiger partial charge in [0.15, 0.2) is 0 Å². The minimum absolute atomic E-state index is 0. The van der Waals surface area contributed by atoms with Gasteiger partial charge in [0.2, 0.25) is 0 Å². The van der Waals surface area contributed by atoms with Crippen molar-refractivity contribution in [3.8, 4) is 0 Å². The Morgan fingerprint density at radius 1 is 0.750 bits per heavy atom. The summed E-state index contributed by atoms with van der Waals surface area (Å²) in [5, 5.41) is 0. The van der Waals surface area contributed by atoms with E-state index in [1.807, 2.05) is 0 Å². The molecule has 0 aromatic rings. The first-order valence-electron chi connectivity index (χ1n) is 0. The van der Waals surface area contributed by atoms with Crippen LogP contribution in [0.1, 0.15) is 0 Å². The largest absolute Gasteiger partial charge is 0 e. The molecule has 0 saturated heterocycles. The molecule has 0 saturated carbocycles. The van der Waals surface area contributed by atoms with Crippen LogP contribution in [0.2, 0.25) is 0 Å². The van der Waals surface area contributed by atoms with Crippen LogP contribution in [-0.2, 0) is 21.1 Å². The SMILES string of the molecule is O.O.[CsH].[W]. The Balaban J connectivity index is 0. The summed E-state index contributed by atoms with van der Waals surface area (Å²) >= 11 is 0. The van der Waals surface area contributed by atoms with Crippen molar-refractivity contribution in [3.05, 3.63) is 0 Å². The van der Waals surface area contributed by atoms with Crippen LogP contribution in [-0.4, -0.2) is 79.8 Å². The predicted molar refractivity (Wildman–Crippen MR) is 14.4 cm³/mol. The maximum Gasteiger partial charge on any atom is 0 e. The molecule has 0 amide bonds. The van der Waals surface area contributed by atoms with E-state index in [4.69, 9.17) is 0 Å². The third-order valence-corrected chi connectivity index (χ3v) is 0. The Hall–Kier alpha value is 2.66. The van der Waals surface area contributed by atoms with Gasteiger partial charge in [0.25, 0.3) is 0 Å². The first-order valence-corrected chi connectivity index (χ1v) is 0. The van der Waals surface area contributed by atoms with Gasteiger partial charge < -0.3 is 11.0 Å². The molecule has 0 aliphatic heterocycles. The van der Waals surface area contributed by atoms with E-state index in [1.54, 1.807) is 0 Å². The summed E-state index contributed by atoms with van der Waals surface area (Å²) in [6.45, 7) is 0. The number of rotatable bonds is 0. The molecule has 0 bridgehead atoms. The third-order valence-electron chi connectivity index (χ3n) is 0. The minimum Gasteiger partial charge on any atom is 0 e. The molecule has 2 nitrogen and oxygen atoms in total. The fraction of sp³-hybridized carbons (Fsp3) is 0.